The van der Waals surface area contributed by atoms with Crippen molar-refractivity contribution in [3.63, 3.8) is 0 Å². The number of amides is 1. The lowest BCUT2D eigenvalue weighted by molar-refractivity contribution is -0.274. The highest BCUT2D eigenvalue weighted by Gasteiger charge is 2.31. The summed E-state index contributed by atoms with van der Waals surface area (Å²) in [5, 5.41) is 9.04. The second-order valence-corrected chi connectivity index (χ2v) is 7.80. The zero-order valence-corrected chi connectivity index (χ0v) is 19.8. The summed E-state index contributed by atoms with van der Waals surface area (Å²) >= 11 is 0. The summed E-state index contributed by atoms with van der Waals surface area (Å²) in [6, 6.07) is 20.7. The molecule has 0 bridgehead atoms. The number of anilines is 5. The van der Waals surface area contributed by atoms with E-state index < -0.39 is 18.0 Å². The number of hydrogen-bond donors (Lipinski definition) is 3. The quantitative estimate of drug-likeness (QED) is 0.252. The van der Waals surface area contributed by atoms with Crippen molar-refractivity contribution in [2.75, 3.05) is 23.1 Å². The van der Waals surface area contributed by atoms with E-state index in [4.69, 9.17) is 4.74 Å². The van der Waals surface area contributed by atoms with Crippen LogP contribution < -0.4 is 25.4 Å². The number of methoxy groups -OCH3 is 1. The zero-order chi connectivity index (χ0) is 26.4. The van der Waals surface area contributed by atoms with Crippen LogP contribution in [0, 0.1) is 6.92 Å². The highest BCUT2D eigenvalue weighted by atomic mass is 19.4. The van der Waals surface area contributed by atoms with Crippen LogP contribution in [0.3, 0.4) is 0 Å². The van der Waals surface area contributed by atoms with Crippen molar-refractivity contribution in [2.24, 2.45) is 0 Å². The summed E-state index contributed by atoms with van der Waals surface area (Å²) in [6.07, 6.45) is -4.79. The van der Waals surface area contributed by atoms with Crippen LogP contribution in [-0.4, -0.2) is 29.3 Å². The molecule has 0 aliphatic heterocycles. The smallest absolute Gasteiger partial charge is 0.497 e. The normalized spacial score (nSPS) is 10.9. The van der Waals surface area contributed by atoms with Crippen molar-refractivity contribution in [1.29, 1.82) is 0 Å². The van der Waals surface area contributed by atoms with Crippen molar-refractivity contribution in [2.45, 2.75) is 13.3 Å². The predicted octanol–water partition coefficient (Wildman–Crippen LogP) is 6.43. The van der Waals surface area contributed by atoms with E-state index in [2.05, 4.69) is 30.7 Å². The van der Waals surface area contributed by atoms with E-state index in [9.17, 15) is 18.0 Å². The van der Waals surface area contributed by atoms with Gasteiger partial charge in [-0.25, -0.2) is 4.98 Å². The number of benzene rings is 3. The predicted molar refractivity (Wildman–Crippen MR) is 134 cm³/mol. The number of carbonyl (C=O) groups excluding carboxylic acids is 1. The molecule has 37 heavy (non-hydrogen) atoms. The molecule has 3 aromatic carbocycles. The molecular formula is C26H22F3N5O3. The van der Waals surface area contributed by atoms with E-state index in [1.807, 2.05) is 37.3 Å². The van der Waals surface area contributed by atoms with E-state index in [1.54, 1.807) is 31.4 Å². The van der Waals surface area contributed by atoms with Gasteiger partial charge in [0.05, 0.1) is 7.11 Å². The Balaban J connectivity index is 1.37. The molecule has 8 nitrogen and oxygen atoms in total. The molecule has 0 fully saturated rings. The molecule has 0 spiro atoms. The summed E-state index contributed by atoms with van der Waals surface area (Å²) < 4.78 is 45.8. The summed E-state index contributed by atoms with van der Waals surface area (Å²) in [4.78, 5) is 21.3. The largest absolute Gasteiger partial charge is 0.573 e. The van der Waals surface area contributed by atoms with E-state index in [0.29, 0.717) is 23.1 Å². The lowest BCUT2D eigenvalue weighted by atomic mass is 10.2. The molecule has 1 aromatic heterocycles. The number of nitrogens with zero attached hydrogens (tertiary/aromatic N) is 2. The van der Waals surface area contributed by atoms with Crippen LogP contribution in [0.25, 0.3) is 0 Å². The molecular weight excluding hydrogens is 487 g/mol. The first-order chi connectivity index (χ1) is 17.7. The average molecular weight is 509 g/mol. The Morgan fingerprint density at radius 1 is 0.784 bits per heavy atom. The number of hydrogen-bond acceptors (Lipinski definition) is 7. The number of alkyl halides is 3. The van der Waals surface area contributed by atoms with Gasteiger partial charge in [0.1, 0.15) is 17.3 Å². The van der Waals surface area contributed by atoms with Gasteiger partial charge in [-0.15, -0.1) is 13.2 Å². The summed E-state index contributed by atoms with van der Waals surface area (Å²) in [5.41, 5.74) is 2.96. The first-order valence-electron chi connectivity index (χ1n) is 11.0. The van der Waals surface area contributed by atoms with Crippen LogP contribution in [0.4, 0.5) is 42.0 Å². The minimum atomic E-state index is -4.79. The van der Waals surface area contributed by atoms with Crippen LogP contribution in [0.15, 0.2) is 78.9 Å². The van der Waals surface area contributed by atoms with E-state index in [0.717, 1.165) is 29.3 Å². The van der Waals surface area contributed by atoms with E-state index in [-0.39, 0.29) is 5.56 Å². The number of nitrogens with one attached hydrogen (secondary N) is 3. The monoisotopic (exact) mass is 509 g/mol. The van der Waals surface area contributed by atoms with Gasteiger partial charge in [-0.2, -0.15) is 4.98 Å². The summed E-state index contributed by atoms with van der Waals surface area (Å²) in [7, 11) is 1.60. The van der Waals surface area contributed by atoms with E-state index >= 15 is 0 Å². The Hall–Kier alpha value is -4.80. The Labute approximate surface area is 210 Å². The number of carbonyl (C=O) groups is 1. The molecule has 0 radical (unpaired) electrons. The molecule has 11 heteroatoms. The number of aryl methyl sites for hydroxylation is 1. The van der Waals surface area contributed by atoms with Crippen molar-refractivity contribution < 1.29 is 27.4 Å². The fourth-order valence-corrected chi connectivity index (χ4v) is 3.29. The highest BCUT2D eigenvalue weighted by molar-refractivity contribution is 6.04. The Morgan fingerprint density at radius 3 is 1.97 bits per heavy atom. The average Bonchev–Trinajstić information content (AvgIpc) is 2.85. The lowest BCUT2D eigenvalue weighted by Gasteiger charge is -2.11. The Bertz CT molecular complexity index is 1360. The van der Waals surface area contributed by atoms with Crippen LogP contribution in [0.1, 0.15) is 16.1 Å². The summed E-state index contributed by atoms with van der Waals surface area (Å²) in [5.74, 6) is 0.861. The van der Waals surface area contributed by atoms with Gasteiger partial charge in [0.25, 0.3) is 5.91 Å². The second kappa shape index (κ2) is 10.9. The van der Waals surface area contributed by atoms with Gasteiger partial charge in [-0.3, -0.25) is 4.79 Å². The van der Waals surface area contributed by atoms with Crippen molar-refractivity contribution in [1.82, 2.24) is 9.97 Å². The van der Waals surface area contributed by atoms with E-state index in [1.165, 1.54) is 12.1 Å². The molecule has 0 aliphatic rings. The minimum Gasteiger partial charge on any atom is -0.497 e. The third kappa shape index (κ3) is 7.34. The lowest BCUT2D eigenvalue weighted by Crippen LogP contribution is -2.17. The molecule has 0 saturated heterocycles. The Morgan fingerprint density at radius 2 is 1.35 bits per heavy atom. The first kappa shape index (κ1) is 25.3. The van der Waals surface area contributed by atoms with Crippen LogP contribution in [-0.2, 0) is 0 Å². The standard InChI is InChI=1S/C26H22F3N5O3/c1-16-15-23(31-18-9-13-21(36-2)14-10-18)34-25(30-16)33-20-7-5-19(6-8-20)32-24(35)17-3-11-22(12-4-17)37-26(27,28)29/h3-15H,1-2H3,(H,32,35)(H2,30,31,33,34). The maximum Gasteiger partial charge on any atom is 0.573 e. The zero-order valence-electron chi connectivity index (χ0n) is 19.8. The third-order valence-electron chi connectivity index (χ3n) is 4.97. The number of rotatable bonds is 8. The molecule has 1 heterocycles. The SMILES string of the molecule is COc1ccc(Nc2cc(C)nc(Nc3ccc(NC(=O)c4ccc(OC(F)(F)F)cc4)cc3)n2)cc1. The molecule has 190 valence electrons. The minimum absolute atomic E-state index is 0.182. The van der Waals surface area contributed by atoms with Crippen LogP contribution in [0.5, 0.6) is 11.5 Å². The molecule has 0 saturated carbocycles. The van der Waals surface area contributed by atoms with Crippen molar-refractivity contribution in [3.8, 4) is 11.5 Å². The van der Waals surface area contributed by atoms with Crippen molar-refractivity contribution in [3.05, 3.63) is 90.1 Å². The van der Waals surface area contributed by atoms with Gasteiger partial charge in [0, 0.05) is 34.4 Å². The third-order valence-corrected chi connectivity index (χ3v) is 4.97. The van der Waals surface area contributed by atoms with Gasteiger partial charge in [-0.05, 0) is 79.7 Å². The molecule has 4 aromatic rings. The van der Waals surface area contributed by atoms with Gasteiger partial charge in [0.15, 0.2) is 0 Å². The number of aromatic nitrogens is 2. The number of halogens is 3. The molecule has 0 aliphatic carbocycles. The molecule has 0 unspecified atom stereocenters. The van der Waals surface area contributed by atoms with Gasteiger partial charge in [0.2, 0.25) is 5.95 Å². The van der Waals surface area contributed by atoms with Gasteiger partial charge >= 0.3 is 6.36 Å². The fourth-order valence-electron chi connectivity index (χ4n) is 3.29. The van der Waals surface area contributed by atoms with Gasteiger partial charge in [-0.1, -0.05) is 0 Å². The summed E-state index contributed by atoms with van der Waals surface area (Å²) in [6.45, 7) is 1.85. The van der Waals surface area contributed by atoms with Crippen molar-refractivity contribution >= 4 is 34.7 Å². The molecule has 3 N–H and O–H groups in total. The van der Waals surface area contributed by atoms with Crippen LogP contribution in [0.2, 0.25) is 0 Å². The fraction of sp³-hybridized carbons (Fsp3) is 0.115. The first-order valence-corrected chi connectivity index (χ1v) is 11.0. The van der Waals surface area contributed by atoms with Crippen LogP contribution >= 0.6 is 0 Å². The second-order valence-electron chi connectivity index (χ2n) is 7.80. The molecule has 1 amide bonds. The molecule has 4 rings (SSSR count). The Kier molecular flexibility index (Phi) is 7.42. The highest BCUT2D eigenvalue weighted by Crippen LogP contribution is 2.24. The number of ether oxygens (including phenoxy) is 2. The molecule has 0 atom stereocenters. The van der Waals surface area contributed by atoms with Gasteiger partial charge < -0.3 is 25.4 Å². The topological polar surface area (TPSA) is 97.4 Å². The maximum absolute atomic E-state index is 12.4. The maximum atomic E-state index is 12.4.